The Labute approximate surface area is 196 Å². The molecular formula is C22H25N3O8S. The largest absolute Gasteiger partial charge is 0.495 e. The summed E-state index contributed by atoms with van der Waals surface area (Å²) in [6.07, 6.45) is 2.47. The van der Waals surface area contributed by atoms with Gasteiger partial charge in [0.25, 0.3) is 11.6 Å². The van der Waals surface area contributed by atoms with Crippen LogP contribution in [0.25, 0.3) is 0 Å². The van der Waals surface area contributed by atoms with Crippen molar-refractivity contribution in [1.82, 2.24) is 4.31 Å². The number of nitro benzene ring substituents is 1. The number of nitrogens with zero attached hydrogens (tertiary/aromatic N) is 2. The fourth-order valence-corrected chi connectivity index (χ4v) is 5.28. The zero-order valence-corrected chi connectivity index (χ0v) is 19.6. The smallest absolute Gasteiger partial charge is 0.338 e. The predicted octanol–water partition coefficient (Wildman–Crippen LogP) is 3.21. The quantitative estimate of drug-likeness (QED) is 0.337. The van der Waals surface area contributed by atoms with Gasteiger partial charge in [-0.2, -0.15) is 4.31 Å². The number of non-ortho nitro benzene ring substituents is 1. The molecule has 1 heterocycles. The number of anilines is 1. The van der Waals surface area contributed by atoms with E-state index in [1.165, 1.54) is 35.7 Å². The maximum Gasteiger partial charge on any atom is 0.338 e. The lowest BCUT2D eigenvalue weighted by atomic mass is 10.1. The van der Waals surface area contributed by atoms with Crippen molar-refractivity contribution in [2.24, 2.45) is 0 Å². The molecule has 12 heteroatoms. The Bertz CT molecular complexity index is 1210. The van der Waals surface area contributed by atoms with Crippen molar-refractivity contribution >= 4 is 33.3 Å². The minimum atomic E-state index is -3.86. The number of esters is 1. The van der Waals surface area contributed by atoms with Crippen molar-refractivity contribution in [1.29, 1.82) is 0 Å². The minimum Gasteiger partial charge on any atom is -0.495 e. The van der Waals surface area contributed by atoms with Gasteiger partial charge in [0.05, 0.1) is 24.2 Å². The van der Waals surface area contributed by atoms with Gasteiger partial charge in [-0.05, 0) is 44.0 Å². The molecule has 1 saturated heterocycles. The normalized spacial score (nSPS) is 14.3. The van der Waals surface area contributed by atoms with Gasteiger partial charge in [-0.1, -0.05) is 6.42 Å². The predicted molar refractivity (Wildman–Crippen MR) is 123 cm³/mol. The average molecular weight is 492 g/mol. The zero-order chi connectivity index (χ0) is 24.9. The van der Waals surface area contributed by atoms with Crippen LogP contribution in [-0.2, 0) is 14.8 Å². The third kappa shape index (κ3) is 5.51. The summed E-state index contributed by atoms with van der Waals surface area (Å²) in [6.45, 7) is 2.43. The van der Waals surface area contributed by atoms with E-state index in [0.717, 1.165) is 31.4 Å². The van der Waals surface area contributed by atoms with Gasteiger partial charge >= 0.3 is 5.97 Å². The number of carbonyl (C=O) groups excluding carboxylic acids is 2. The molecule has 0 unspecified atom stereocenters. The molecule has 0 aromatic heterocycles. The van der Waals surface area contributed by atoms with E-state index in [0.29, 0.717) is 13.1 Å². The monoisotopic (exact) mass is 491 g/mol. The van der Waals surface area contributed by atoms with Gasteiger partial charge in [-0.25, -0.2) is 13.2 Å². The molecule has 1 amide bonds. The molecule has 1 fully saturated rings. The van der Waals surface area contributed by atoms with Crippen LogP contribution >= 0.6 is 0 Å². The number of piperidine rings is 1. The number of hydrogen-bond donors (Lipinski definition) is 1. The summed E-state index contributed by atoms with van der Waals surface area (Å²) in [5.74, 6) is -1.44. The van der Waals surface area contributed by atoms with Crippen LogP contribution in [0.15, 0.2) is 41.3 Å². The first-order valence-electron chi connectivity index (χ1n) is 10.6. The highest BCUT2D eigenvalue weighted by Crippen LogP contribution is 2.31. The number of amides is 1. The third-order valence-electron chi connectivity index (χ3n) is 5.26. The molecule has 0 radical (unpaired) electrons. The van der Waals surface area contributed by atoms with Crippen LogP contribution in [0.2, 0.25) is 0 Å². The summed E-state index contributed by atoms with van der Waals surface area (Å²) in [5, 5.41) is 13.8. The van der Waals surface area contributed by atoms with E-state index in [2.05, 4.69) is 5.32 Å². The van der Waals surface area contributed by atoms with Crippen LogP contribution < -0.4 is 10.1 Å². The molecule has 1 aliphatic heterocycles. The number of benzene rings is 2. The molecule has 0 aliphatic carbocycles. The molecule has 0 atom stereocenters. The highest BCUT2D eigenvalue weighted by Gasteiger charge is 2.29. The van der Waals surface area contributed by atoms with E-state index in [1.807, 2.05) is 0 Å². The van der Waals surface area contributed by atoms with Gasteiger partial charge in [-0.15, -0.1) is 0 Å². The van der Waals surface area contributed by atoms with Crippen molar-refractivity contribution in [3.05, 3.63) is 57.6 Å². The van der Waals surface area contributed by atoms with Crippen LogP contribution in [0.5, 0.6) is 5.75 Å². The molecule has 1 aliphatic rings. The third-order valence-corrected chi connectivity index (χ3v) is 7.18. The molecule has 1 N–H and O–H groups in total. The first-order valence-corrected chi connectivity index (χ1v) is 12.1. The Morgan fingerprint density at radius 3 is 2.38 bits per heavy atom. The van der Waals surface area contributed by atoms with E-state index in [9.17, 15) is 28.1 Å². The first kappa shape index (κ1) is 25.1. The molecule has 2 aromatic rings. The fraction of sp³-hybridized carbons (Fsp3) is 0.364. The fourth-order valence-electron chi connectivity index (χ4n) is 3.58. The lowest BCUT2D eigenvalue weighted by molar-refractivity contribution is -0.384. The number of rotatable bonds is 8. The Hall–Kier alpha value is -3.51. The van der Waals surface area contributed by atoms with Crippen molar-refractivity contribution in [2.45, 2.75) is 31.1 Å². The number of carbonyl (C=O) groups is 2. The summed E-state index contributed by atoms with van der Waals surface area (Å²) < 4.78 is 37.8. The summed E-state index contributed by atoms with van der Waals surface area (Å²) in [5.41, 5.74) is -0.623. The average Bonchev–Trinajstić information content (AvgIpc) is 2.84. The van der Waals surface area contributed by atoms with Crippen LogP contribution in [0.4, 0.5) is 11.4 Å². The highest BCUT2D eigenvalue weighted by atomic mass is 32.2. The maximum absolute atomic E-state index is 13.2. The summed E-state index contributed by atoms with van der Waals surface area (Å²) in [4.78, 5) is 35.4. The second kappa shape index (κ2) is 10.6. The van der Waals surface area contributed by atoms with E-state index in [1.54, 1.807) is 6.92 Å². The zero-order valence-electron chi connectivity index (χ0n) is 18.8. The molecule has 2 aromatic carbocycles. The minimum absolute atomic E-state index is 0.0587. The Morgan fingerprint density at radius 1 is 1.09 bits per heavy atom. The number of nitrogens with one attached hydrogen (secondary N) is 1. The molecule has 3 rings (SSSR count). The van der Waals surface area contributed by atoms with Crippen molar-refractivity contribution < 1.29 is 32.4 Å². The van der Waals surface area contributed by atoms with Crippen molar-refractivity contribution in [2.75, 3.05) is 32.1 Å². The van der Waals surface area contributed by atoms with E-state index >= 15 is 0 Å². The van der Waals surface area contributed by atoms with Gasteiger partial charge in [0, 0.05) is 36.5 Å². The lowest BCUT2D eigenvalue weighted by Gasteiger charge is -2.26. The number of sulfonamides is 1. The van der Waals surface area contributed by atoms with Gasteiger partial charge in [0.15, 0.2) is 0 Å². The van der Waals surface area contributed by atoms with Crippen LogP contribution in [-0.4, -0.2) is 56.3 Å². The Kier molecular flexibility index (Phi) is 7.84. The van der Waals surface area contributed by atoms with Gasteiger partial charge in [0.2, 0.25) is 10.0 Å². The standard InChI is InChI=1S/C22H25N3O8S/c1-3-33-22(27)16-11-15(12-18(13-16)25(28)29)21(26)23-17-7-8-19(32-2)20(14-17)34(30,31)24-9-5-4-6-10-24/h7-8,11-14H,3-6,9-10H2,1-2H3,(H,23,26). The summed E-state index contributed by atoms with van der Waals surface area (Å²) in [6, 6.07) is 7.37. The van der Waals surface area contributed by atoms with Crippen LogP contribution in [0.1, 0.15) is 46.9 Å². The van der Waals surface area contributed by atoms with E-state index in [-0.39, 0.29) is 34.1 Å². The molecule has 34 heavy (non-hydrogen) atoms. The summed E-state index contributed by atoms with van der Waals surface area (Å²) >= 11 is 0. The van der Waals surface area contributed by atoms with Crippen LogP contribution in [0.3, 0.4) is 0 Å². The molecule has 0 bridgehead atoms. The van der Waals surface area contributed by atoms with Gasteiger partial charge in [0.1, 0.15) is 10.6 Å². The van der Waals surface area contributed by atoms with E-state index in [4.69, 9.17) is 9.47 Å². The van der Waals surface area contributed by atoms with Gasteiger partial charge < -0.3 is 14.8 Å². The van der Waals surface area contributed by atoms with Crippen LogP contribution in [0, 0.1) is 10.1 Å². The molecule has 182 valence electrons. The van der Waals surface area contributed by atoms with Crippen molar-refractivity contribution in [3.63, 3.8) is 0 Å². The number of hydrogen-bond acceptors (Lipinski definition) is 8. The molecule has 0 spiro atoms. The molecule has 0 saturated carbocycles. The van der Waals surface area contributed by atoms with Crippen molar-refractivity contribution in [3.8, 4) is 5.75 Å². The number of ether oxygens (including phenoxy) is 2. The first-order chi connectivity index (χ1) is 16.2. The molecular weight excluding hydrogens is 466 g/mol. The number of methoxy groups -OCH3 is 1. The second-order valence-corrected chi connectivity index (χ2v) is 9.44. The SMILES string of the molecule is CCOC(=O)c1cc(C(=O)Nc2ccc(OC)c(S(=O)(=O)N3CCCCC3)c2)cc([N+](=O)[O-])c1. The second-order valence-electron chi connectivity index (χ2n) is 7.53. The Balaban J connectivity index is 1.94. The molecule has 11 nitrogen and oxygen atoms in total. The maximum atomic E-state index is 13.2. The highest BCUT2D eigenvalue weighted by molar-refractivity contribution is 7.89. The Morgan fingerprint density at radius 2 is 1.76 bits per heavy atom. The van der Waals surface area contributed by atoms with E-state index < -0.39 is 32.5 Å². The lowest BCUT2D eigenvalue weighted by Crippen LogP contribution is -2.35. The topological polar surface area (TPSA) is 145 Å². The van der Waals surface area contributed by atoms with Gasteiger partial charge in [-0.3, -0.25) is 14.9 Å². The number of nitro groups is 1. The summed E-state index contributed by atoms with van der Waals surface area (Å²) in [7, 11) is -2.51.